The van der Waals surface area contributed by atoms with E-state index in [1.165, 1.54) is 25.7 Å². The van der Waals surface area contributed by atoms with E-state index in [1.54, 1.807) is 6.20 Å². The van der Waals surface area contributed by atoms with Crippen LogP contribution in [0.1, 0.15) is 39.5 Å². The number of ether oxygens (including phenoxy) is 1. The van der Waals surface area contributed by atoms with Gasteiger partial charge in [0.25, 0.3) is 0 Å². The Balaban J connectivity index is 1.38. The molecule has 0 aromatic carbocycles. The van der Waals surface area contributed by atoms with Crippen molar-refractivity contribution in [2.45, 2.75) is 63.8 Å². The number of hydrogen-bond donors (Lipinski definition) is 2. The molecule has 2 aliphatic rings. The molecule has 2 bridgehead atoms. The van der Waals surface area contributed by atoms with Gasteiger partial charge >= 0.3 is 0 Å². The van der Waals surface area contributed by atoms with E-state index in [0.29, 0.717) is 24.0 Å². The monoisotopic (exact) mass is 419 g/mol. The molecule has 2 N–H and O–H groups in total. The average Bonchev–Trinajstić information content (AvgIpc) is 3.42. The largest absolute Gasteiger partial charge is 0.474 e. The van der Waals surface area contributed by atoms with Crippen molar-refractivity contribution in [2.75, 3.05) is 11.9 Å². The van der Waals surface area contributed by atoms with Gasteiger partial charge in [-0.2, -0.15) is 5.10 Å². The van der Waals surface area contributed by atoms with Crippen LogP contribution in [-0.4, -0.2) is 56.7 Å². The standard InChI is InChI=1S/C23H29N7O/c1-14(2)31-23-19(15-12-24-25-13-15)6-7-20(27-23)21-8-9-22(29-28-21)30(3)18-10-16-4-5-17(11-18)26-16/h6-9,12-14,16-18,26H,4-5,10-11H2,1-3H3,(H,24,25)/t16-,17+,18-. The molecule has 5 rings (SSSR count). The normalized spacial score (nSPS) is 22.6. The molecule has 31 heavy (non-hydrogen) atoms. The maximum absolute atomic E-state index is 5.98. The zero-order valence-electron chi connectivity index (χ0n) is 18.2. The zero-order chi connectivity index (χ0) is 21.4. The first kappa shape index (κ1) is 19.9. The molecule has 2 saturated heterocycles. The van der Waals surface area contributed by atoms with Crippen LogP contribution in [0.15, 0.2) is 36.7 Å². The SMILES string of the molecule is CC(C)Oc1nc(-c2ccc(N(C)[C@@H]3C[C@H]4CC[C@@H](C3)N4)nn2)ccc1-c1cn[nH]c1. The Morgan fingerprint density at radius 3 is 2.45 bits per heavy atom. The highest BCUT2D eigenvalue weighted by molar-refractivity contribution is 5.70. The molecule has 3 aromatic heterocycles. The fraction of sp³-hybridized carbons (Fsp3) is 0.478. The van der Waals surface area contributed by atoms with Crippen LogP contribution in [0.5, 0.6) is 5.88 Å². The summed E-state index contributed by atoms with van der Waals surface area (Å²) < 4.78 is 5.98. The minimum Gasteiger partial charge on any atom is -0.474 e. The van der Waals surface area contributed by atoms with Crippen molar-refractivity contribution in [2.24, 2.45) is 0 Å². The molecular formula is C23H29N7O. The van der Waals surface area contributed by atoms with Gasteiger partial charge in [0.2, 0.25) is 5.88 Å². The fourth-order valence-corrected chi connectivity index (χ4v) is 4.69. The highest BCUT2D eigenvalue weighted by Gasteiger charge is 2.35. The number of aromatic nitrogens is 5. The number of nitrogens with one attached hydrogen (secondary N) is 2. The summed E-state index contributed by atoms with van der Waals surface area (Å²) in [4.78, 5) is 7.03. The minimum absolute atomic E-state index is 0.00999. The van der Waals surface area contributed by atoms with Gasteiger partial charge in [-0.1, -0.05) is 0 Å². The molecule has 5 heterocycles. The van der Waals surface area contributed by atoms with E-state index in [4.69, 9.17) is 9.72 Å². The van der Waals surface area contributed by atoms with Crippen molar-refractivity contribution in [3.8, 4) is 28.4 Å². The van der Waals surface area contributed by atoms with Crippen molar-refractivity contribution in [1.82, 2.24) is 30.7 Å². The topological polar surface area (TPSA) is 91.8 Å². The Morgan fingerprint density at radius 1 is 1.03 bits per heavy atom. The number of nitrogens with zero attached hydrogens (tertiary/aromatic N) is 5. The van der Waals surface area contributed by atoms with Crippen molar-refractivity contribution < 1.29 is 4.74 Å². The summed E-state index contributed by atoms with van der Waals surface area (Å²) in [6.45, 7) is 3.98. The van der Waals surface area contributed by atoms with Gasteiger partial charge in [-0.25, -0.2) is 4.98 Å². The quantitative estimate of drug-likeness (QED) is 0.632. The van der Waals surface area contributed by atoms with Gasteiger partial charge in [0.15, 0.2) is 5.82 Å². The lowest BCUT2D eigenvalue weighted by Crippen LogP contribution is -2.47. The number of fused-ring (bicyclic) bond motifs is 2. The number of rotatable bonds is 6. The van der Waals surface area contributed by atoms with Gasteiger partial charge in [-0.3, -0.25) is 5.10 Å². The minimum atomic E-state index is 0.00999. The molecule has 0 saturated carbocycles. The number of pyridine rings is 1. The van der Waals surface area contributed by atoms with Crippen LogP contribution in [0, 0.1) is 0 Å². The predicted octanol–water partition coefficient (Wildman–Crippen LogP) is 3.44. The molecule has 2 aliphatic heterocycles. The molecule has 162 valence electrons. The lowest BCUT2D eigenvalue weighted by atomic mass is 9.98. The zero-order valence-corrected chi connectivity index (χ0v) is 18.2. The van der Waals surface area contributed by atoms with Crippen molar-refractivity contribution in [1.29, 1.82) is 0 Å². The lowest BCUT2D eigenvalue weighted by Gasteiger charge is -2.36. The van der Waals surface area contributed by atoms with Crippen molar-refractivity contribution in [3.05, 3.63) is 36.7 Å². The van der Waals surface area contributed by atoms with Crippen molar-refractivity contribution in [3.63, 3.8) is 0 Å². The molecule has 0 radical (unpaired) electrons. The van der Waals surface area contributed by atoms with Gasteiger partial charge < -0.3 is 15.0 Å². The molecule has 0 aliphatic carbocycles. The molecule has 8 heteroatoms. The van der Waals surface area contributed by atoms with Crippen molar-refractivity contribution >= 4 is 5.82 Å². The Labute approximate surface area is 182 Å². The van der Waals surface area contributed by atoms with Crippen LogP contribution in [0.3, 0.4) is 0 Å². The lowest BCUT2D eigenvalue weighted by molar-refractivity contribution is 0.234. The van der Waals surface area contributed by atoms with Gasteiger partial charge in [0.05, 0.1) is 18.0 Å². The smallest absolute Gasteiger partial charge is 0.222 e. The average molecular weight is 420 g/mol. The molecule has 2 fully saturated rings. The van der Waals surface area contributed by atoms with Crippen LogP contribution in [0.4, 0.5) is 5.82 Å². The predicted molar refractivity (Wildman–Crippen MR) is 120 cm³/mol. The van der Waals surface area contributed by atoms with E-state index in [0.717, 1.165) is 28.3 Å². The summed E-state index contributed by atoms with van der Waals surface area (Å²) in [6.07, 6.45) is 8.53. The third-order valence-electron chi connectivity index (χ3n) is 6.29. The van der Waals surface area contributed by atoms with E-state index in [-0.39, 0.29) is 6.10 Å². The fourth-order valence-electron chi connectivity index (χ4n) is 4.69. The molecule has 3 atom stereocenters. The molecule has 0 spiro atoms. The Bertz CT molecular complexity index is 1010. The second-order valence-corrected chi connectivity index (χ2v) is 8.85. The van der Waals surface area contributed by atoms with Crippen LogP contribution in [0.25, 0.3) is 22.5 Å². The van der Waals surface area contributed by atoms with Crippen LogP contribution >= 0.6 is 0 Å². The van der Waals surface area contributed by atoms with Gasteiger partial charge in [-0.05, 0) is 63.8 Å². The molecule has 0 amide bonds. The second kappa shape index (κ2) is 8.26. The molecule has 8 nitrogen and oxygen atoms in total. The first-order chi connectivity index (χ1) is 15.1. The van der Waals surface area contributed by atoms with Crippen LogP contribution in [0.2, 0.25) is 0 Å². The summed E-state index contributed by atoms with van der Waals surface area (Å²) in [5.74, 6) is 1.48. The number of H-pyrrole nitrogens is 1. The first-order valence-electron chi connectivity index (χ1n) is 11.1. The molecular weight excluding hydrogens is 390 g/mol. The van der Waals surface area contributed by atoms with Gasteiger partial charge in [0.1, 0.15) is 5.69 Å². The second-order valence-electron chi connectivity index (χ2n) is 8.85. The van der Waals surface area contributed by atoms with E-state index in [2.05, 4.69) is 37.7 Å². The van der Waals surface area contributed by atoms with E-state index in [1.807, 2.05) is 44.3 Å². The highest BCUT2D eigenvalue weighted by Crippen LogP contribution is 2.33. The number of piperidine rings is 1. The maximum atomic E-state index is 5.98. The van der Waals surface area contributed by atoms with Crippen LogP contribution < -0.4 is 15.0 Å². The van der Waals surface area contributed by atoms with Gasteiger partial charge in [-0.15, -0.1) is 10.2 Å². The van der Waals surface area contributed by atoms with E-state index in [9.17, 15) is 0 Å². The third kappa shape index (κ3) is 4.12. The summed E-state index contributed by atoms with van der Waals surface area (Å²) in [5, 5.41) is 19.6. The summed E-state index contributed by atoms with van der Waals surface area (Å²) in [6, 6.07) is 9.79. The number of aromatic amines is 1. The molecule has 3 aromatic rings. The third-order valence-corrected chi connectivity index (χ3v) is 6.29. The number of anilines is 1. The van der Waals surface area contributed by atoms with E-state index < -0.39 is 0 Å². The van der Waals surface area contributed by atoms with E-state index >= 15 is 0 Å². The number of hydrogen-bond acceptors (Lipinski definition) is 7. The highest BCUT2D eigenvalue weighted by atomic mass is 16.5. The Kier molecular flexibility index (Phi) is 5.31. The Morgan fingerprint density at radius 2 is 1.81 bits per heavy atom. The van der Waals surface area contributed by atoms with Gasteiger partial charge in [0, 0.05) is 42.5 Å². The molecule has 0 unspecified atom stereocenters. The summed E-state index contributed by atoms with van der Waals surface area (Å²) in [5.41, 5.74) is 3.31. The Hall–Kier alpha value is -3.00. The van der Waals surface area contributed by atoms with Crippen LogP contribution in [-0.2, 0) is 0 Å². The maximum Gasteiger partial charge on any atom is 0.222 e. The summed E-state index contributed by atoms with van der Waals surface area (Å²) >= 11 is 0. The first-order valence-corrected chi connectivity index (χ1v) is 11.1. The summed E-state index contributed by atoms with van der Waals surface area (Å²) in [7, 11) is 2.13.